The number of aliphatic hydroxyl groups is 2. The first-order chi connectivity index (χ1) is 8.75. The fraction of sp³-hybridized carbons (Fsp3) is 0.600. The van der Waals surface area contributed by atoms with Gasteiger partial charge in [0, 0.05) is 10.8 Å². The number of benzene rings is 1. The second-order valence-corrected chi connectivity index (χ2v) is 7.70. The van der Waals surface area contributed by atoms with E-state index in [-0.39, 0.29) is 23.0 Å². The summed E-state index contributed by atoms with van der Waals surface area (Å²) in [5.74, 6) is 0.110. The number of hydrogen-bond acceptors (Lipinski definition) is 3. The molecule has 0 aliphatic rings. The van der Waals surface area contributed by atoms with Crippen LogP contribution in [0.5, 0.6) is 0 Å². The van der Waals surface area contributed by atoms with Crippen molar-refractivity contribution in [2.24, 2.45) is 0 Å². The van der Waals surface area contributed by atoms with E-state index in [2.05, 4.69) is 32.9 Å². The second kappa shape index (κ2) is 6.64. The molecule has 3 nitrogen and oxygen atoms in total. The minimum atomic E-state index is -1.18. The quantitative estimate of drug-likeness (QED) is 0.871. The maximum absolute atomic E-state index is 12.0. The van der Waals surface area contributed by atoms with Gasteiger partial charge in [-0.3, -0.25) is 4.21 Å². The Bertz CT molecular complexity index is 420. The SMILES string of the molecule is C[C@H](c1ccc(C(C)(C)C)cc1)[S@](=O)C[C@@H](O)CO. The first kappa shape index (κ1) is 16.3. The molecule has 0 fully saturated rings. The summed E-state index contributed by atoms with van der Waals surface area (Å²) in [6.07, 6.45) is -0.905. The Morgan fingerprint density at radius 3 is 2.16 bits per heavy atom. The van der Waals surface area contributed by atoms with E-state index in [1.54, 1.807) is 0 Å². The molecule has 0 bridgehead atoms. The molecule has 0 saturated heterocycles. The highest BCUT2D eigenvalue weighted by molar-refractivity contribution is 7.85. The van der Waals surface area contributed by atoms with Crippen molar-refractivity contribution in [2.75, 3.05) is 12.4 Å². The summed E-state index contributed by atoms with van der Waals surface area (Å²) in [6, 6.07) is 8.11. The average molecular weight is 284 g/mol. The molecule has 0 spiro atoms. The van der Waals surface area contributed by atoms with Crippen molar-refractivity contribution in [1.82, 2.24) is 0 Å². The molecule has 2 N–H and O–H groups in total. The highest BCUT2D eigenvalue weighted by Gasteiger charge is 2.18. The van der Waals surface area contributed by atoms with Gasteiger partial charge >= 0.3 is 0 Å². The molecular formula is C15H24O3S. The molecule has 1 aromatic carbocycles. The maximum Gasteiger partial charge on any atom is 0.0886 e. The van der Waals surface area contributed by atoms with Gasteiger partial charge in [-0.15, -0.1) is 0 Å². The van der Waals surface area contributed by atoms with Crippen LogP contribution >= 0.6 is 0 Å². The van der Waals surface area contributed by atoms with Crippen molar-refractivity contribution in [1.29, 1.82) is 0 Å². The summed E-state index contributed by atoms with van der Waals surface area (Å²) >= 11 is 0. The number of rotatable bonds is 5. The third kappa shape index (κ3) is 4.71. The summed E-state index contributed by atoms with van der Waals surface area (Å²) in [5, 5.41) is 18.0. The topological polar surface area (TPSA) is 57.5 Å². The van der Waals surface area contributed by atoms with Gasteiger partial charge in [-0.2, -0.15) is 0 Å². The summed E-state index contributed by atoms with van der Waals surface area (Å²) in [4.78, 5) is 0. The van der Waals surface area contributed by atoms with Crippen molar-refractivity contribution in [3.05, 3.63) is 35.4 Å². The molecule has 1 rings (SSSR count). The highest BCUT2D eigenvalue weighted by Crippen LogP contribution is 2.26. The molecule has 0 amide bonds. The standard InChI is InChI=1S/C15H24O3S/c1-11(19(18)10-14(17)9-16)12-5-7-13(8-6-12)15(2,3)4/h5-8,11,14,16-17H,9-10H2,1-4H3/t11-,14+,19-/m1/s1. The molecule has 0 aliphatic carbocycles. The van der Waals surface area contributed by atoms with E-state index in [1.807, 2.05) is 19.1 Å². The van der Waals surface area contributed by atoms with Gasteiger partial charge in [-0.05, 0) is 23.5 Å². The Morgan fingerprint density at radius 2 is 1.74 bits per heavy atom. The van der Waals surface area contributed by atoms with Gasteiger partial charge in [0.2, 0.25) is 0 Å². The van der Waals surface area contributed by atoms with Crippen LogP contribution in [0.4, 0.5) is 0 Å². The lowest BCUT2D eigenvalue weighted by molar-refractivity contribution is 0.113. The van der Waals surface area contributed by atoms with Crippen LogP contribution < -0.4 is 0 Å². The van der Waals surface area contributed by atoms with Crippen molar-refractivity contribution in [3.63, 3.8) is 0 Å². The van der Waals surface area contributed by atoms with E-state index >= 15 is 0 Å². The molecule has 0 aliphatic heterocycles. The Kier molecular flexibility index (Phi) is 5.71. The zero-order chi connectivity index (χ0) is 14.6. The van der Waals surface area contributed by atoms with Gasteiger partial charge in [0.05, 0.1) is 23.7 Å². The third-order valence-electron chi connectivity index (χ3n) is 3.21. The monoisotopic (exact) mass is 284 g/mol. The van der Waals surface area contributed by atoms with Crippen LogP contribution in [-0.2, 0) is 16.2 Å². The smallest absolute Gasteiger partial charge is 0.0886 e. The van der Waals surface area contributed by atoms with Gasteiger partial charge in [0.25, 0.3) is 0 Å². The lowest BCUT2D eigenvalue weighted by Crippen LogP contribution is -2.22. The predicted molar refractivity (Wildman–Crippen MR) is 79.7 cm³/mol. The van der Waals surface area contributed by atoms with E-state index in [4.69, 9.17) is 5.11 Å². The zero-order valence-electron chi connectivity index (χ0n) is 12.1. The summed E-state index contributed by atoms with van der Waals surface area (Å²) in [6.45, 7) is 8.00. The average Bonchev–Trinajstić information content (AvgIpc) is 2.36. The molecule has 19 heavy (non-hydrogen) atoms. The molecule has 0 radical (unpaired) electrons. The van der Waals surface area contributed by atoms with Gasteiger partial charge < -0.3 is 10.2 Å². The molecule has 3 atom stereocenters. The largest absolute Gasteiger partial charge is 0.394 e. The first-order valence-corrected chi connectivity index (χ1v) is 7.90. The van der Waals surface area contributed by atoms with Crippen LogP contribution in [0.25, 0.3) is 0 Å². The number of hydrogen-bond donors (Lipinski definition) is 2. The molecule has 1 aromatic rings. The van der Waals surface area contributed by atoms with Gasteiger partial charge in [0.15, 0.2) is 0 Å². The fourth-order valence-corrected chi connectivity index (χ4v) is 3.03. The minimum Gasteiger partial charge on any atom is -0.394 e. The normalized spacial score (nSPS) is 16.9. The van der Waals surface area contributed by atoms with E-state index in [0.29, 0.717) is 0 Å². The Labute approximate surface area is 118 Å². The summed E-state index contributed by atoms with van der Waals surface area (Å²) in [7, 11) is -1.18. The van der Waals surface area contributed by atoms with Crippen LogP contribution in [0.15, 0.2) is 24.3 Å². The van der Waals surface area contributed by atoms with Crippen LogP contribution in [0.2, 0.25) is 0 Å². The van der Waals surface area contributed by atoms with Gasteiger partial charge in [-0.25, -0.2) is 0 Å². The Balaban J connectivity index is 2.78. The fourth-order valence-electron chi connectivity index (χ4n) is 1.79. The third-order valence-corrected chi connectivity index (χ3v) is 4.98. The van der Waals surface area contributed by atoms with E-state index < -0.39 is 16.9 Å². The number of aliphatic hydroxyl groups excluding tert-OH is 2. The maximum atomic E-state index is 12.0. The lowest BCUT2D eigenvalue weighted by Gasteiger charge is -2.20. The summed E-state index contributed by atoms with van der Waals surface area (Å²) in [5.41, 5.74) is 2.34. The molecule has 0 unspecified atom stereocenters. The first-order valence-electron chi connectivity index (χ1n) is 6.52. The van der Waals surface area contributed by atoms with Crippen molar-refractivity contribution in [3.8, 4) is 0 Å². The highest BCUT2D eigenvalue weighted by atomic mass is 32.2. The van der Waals surface area contributed by atoms with Crippen molar-refractivity contribution in [2.45, 2.75) is 44.5 Å². The van der Waals surface area contributed by atoms with Crippen LogP contribution in [0, 0.1) is 0 Å². The molecular weight excluding hydrogens is 260 g/mol. The molecule has 108 valence electrons. The lowest BCUT2D eigenvalue weighted by atomic mass is 9.86. The predicted octanol–water partition coefficient (Wildman–Crippen LogP) is 2.15. The van der Waals surface area contributed by atoms with Crippen LogP contribution in [-0.4, -0.2) is 32.9 Å². The summed E-state index contributed by atoms with van der Waals surface area (Å²) < 4.78 is 12.0. The van der Waals surface area contributed by atoms with Crippen LogP contribution in [0.3, 0.4) is 0 Å². The van der Waals surface area contributed by atoms with Crippen molar-refractivity contribution < 1.29 is 14.4 Å². The Morgan fingerprint density at radius 1 is 1.21 bits per heavy atom. The Hall–Kier alpha value is -0.710. The van der Waals surface area contributed by atoms with Crippen LogP contribution in [0.1, 0.15) is 44.1 Å². The van der Waals surface area contributed by atoms with E-state index in [9.17, 15) is 9.32 Å². The molecule has 0 saturated carbocycles. The van der Waals surface area contributed by atoms with E-state index in [0.717, 1.165) is 5.56 Å². The molecule has 4 heteroatoms. The zero-order valence-corrected chi connectivity index (χ0v) is 12.9. The van der Waals surface area contributed by atoms with Gasteiger partial charge in [-0.1, -0.05) is 45.0 Å². The van der Waals surface area contributed by atoms with Crippen molar-refractivity contribution >= 4 is 10.8 Å². The minimum absolute atomic E-state index is 0.105. The molecule has 0 aromatic heterocycles. The van der Waals surface area contributed by atoms with Gasteiger partial charge in [0.1, 0.15) is 0 Å². The molecule has 0 heterocycles. The second-order valence-electron chi connectivity index (χ2n) is 5.90. The van der Waals surface area contributed by atoms with E-state index in [1.165, 1.54) is 5.56 Å².